The van der Waals surface area contributed by atoms with Crippen LogP contribution in [0.4, 0.5) is 18.9 Å². The van der Waals surface area contributed by atoms with Gasteiger partial charge in [0.1, 0.15) is 30.0 Å². The van der Waals surface area contributed by atoms with E-state index in [0.717, 1.165) is 18.2 Å². The van der Waals surface area contributed by atoms with Gasteiger partial charge in [-0.3, -0.25) is 0 Å². The van der Waals surface area contributed by atoms with Gasteiger partial charge in [0.25, 0.3) is 0 Å². The minimum Gasteiger partial charge on any atom is -0.496 e. The normalized spacial score (nSPS) is 10.1. The van der Waals surface area contributed by atoms with E-state index in [4.69, 9.17) is 20.5 Å². The molecule has 0 fully saturated rings. The Morgan fingerprint density at radius 2 is 1.86 bits per heavy atom. The summed E-state index contributed by atoms with van der Waals surface area (Å²) in [7, 11) is 1.30. The van der Waals surface area contributed by atoms with E-state index in [1.165, 1.54) is 13.2 Å². The summed E-state index contributed by atoms with van der Waals surface area (Å²) < 4.78 is 50.6. The average Bonchev–Trinajstić information content (AvgIpc) is 2.51. The van der Waals surface area contributed by atoms with Gasteiger partial charge in [-0.1, -0.05) is 0 Å². The van der Waals surface area contributed by atoms with E-state index in [0.29, 0.717) is 0 Å². The molecule has 0 spiro atoms. The first-order valence-electron chi connectivity index (χ1n) is 6.10. The molecule has 0 atom stereocenters. The second-order valence-electron chi connectivity index (χ2n) is 4.31. The zero-order valence-electron chi connectivity index (χ0n) is 11.5. The third kappa shape index (κ3) is 2.91. The van der Waals surface area contributed by atoms with E-state index < -0.39 is 24.1 Å². The van der Waals surface area contributed by atoms with Crippen molar-refractivity contribution in [1.82, 2.24) is 0 Å². The fourth-order valence-corrected chi connectivity index (χ4v) is 1.83. The van der Waals surface area contributed by atoms with Gasteiger partial charge in [0.05, 0.1) is 23.9 Å². The molecule has 0 aliphatic heterocycles. The molecule has 0 amide bonds. The molecule has 0 saturated heterocycles. The largest absolute Gasteiger partial charge is 0.496 e. The van der Waals surface area contributed by atoms with E-state index in [9.17, 15) is 13.2 Å². The van der Waals surface area contributed by atoms with E-state index in [-0.39, 0.29) is 28.3 Å². The Morgan fingerprint density at radius 1 is 1.14 bits per heavy atom. The minimum atomic E-state index is -1.12. The topological polar surface area (TPSA) is 68.3 Å². The summed E-state index contributed by atoms with van der Waals surface area (Å²) in [6.45, 7) is -0.410. The molecular formula is C15H11F3N2O2. The third-order valence-corrected chi connectivity index (χ3v) is 2.96. The van der Waals surface area contributed by atoms with Gasteiger partial charge in [-0.25, -0.2) is 13.2 Å². The molecule has 0 unspecified atom stereocenters. The van der Waals surface area contributed by atoms with Crippen LogP contribution in [0.5, 0.6) is 11.5 Å². The van der Waals surface area contributed by atoms with Gasteiger partial charge in [0, 0.05) is 6.07 Å². The van der Waals surface area contributed by atoms with Gasteiger partial charge >= 0.3 is 0 Å². The van der Waals surface area contributed by atoms with Crippen molar-refractivity contribution in [1.29, 1.82) is 5.26 Å². The Balaban J connectivity index is 2.34. The van der Waals surface area contributed by atoms with E-state index in [1.807, 2.05) is 0 Å². The molecule has 0 heterocycles. The fourth-order valence-electron chi connectivity index (χ4n) is 1.83. The number of hydrogen-bond acceptors (Lipinski definition) is 4. The molecule has 22 heavy (non-hydrogen) atoms. The van der Waals surface area contributed by atoms with Crippen molar-refractivity contribution in [2.45, 2.75) is 6.61 Å². The summed E-state index contributed by atoms with van der Waals surface area (Å²) in [5.74, 6) is -2.88. The van der Waals surface area contributed by atoms with Gasteiger partial charge in [-0.05, 0) is 18.2 Å². The molecule has 2 rings (SSSR count). The van der Waals surface area contributed by atoms with Crippen LogP contribution in [0.1, 0.15) is 11.1 Å². The molecule has 2 aromatic carbocycles. The molecule has 0 bridgehead atoms. The maximum Gasteiger partial charge on any atom is 0.169 e. The molecule has 0 radical (unpaired) electrons. The minimum absolute atomic E-state index is 0.0351. The predicted molar refractivity (Wildman–Crippen MR) is 72.8 cm³/mol. The molecule has 7 heteroatoms. The Labute approximate surface area is 124 Å². The standard InChI is InChI=1S/C15H11F3N2O2/c1-21-13-3-2-10(16)15(18)9(13)7-22-14-5-12(20)11(17)4-8(14)6-19/h2-5H,7,20H2,1H3. The monoisotopic (exact) mass is 308 g/mol. The van der Waals surface area contributed by atoms with E-state index >= 15 is 0 Å². The van der Waals surface area contributed by atoms with Gasteiger partial charge in [0.15, 0.2) is 11.6 Å². The molecule has 0 aliphatic carbocycles. The van der Waals surface area contributed by atoms with Crippen LogP contribution in [0.15, 0.2) is 24.3 Å². The molecule has 2 N–H and O–H groups in total. The number of halogens is 3. The maximum atomic E-state index is 13.8. The summed E-state index contributed by atoms with van der Waals surface area (Å²) >= 11 is 0. The summed E-state index contributed by atoms with van der Waals surface area (Å²) in [4.78, 5) is 0. The van der Waals surface area contributed by atoms with Crippen LogP contribution >= 0.6 is 0 Å². The predicted octanol–water partition coefficient (Wildman–Crippen LogP) is 3.15. The first-order valence-corrected chi connectivity index (χ1v) is 6.10. The Morgan fingerprint density at radius 3 is 2.50 bits per heavy atom. The van der Waals surface area contributed by atoms with Crippen molar-refractivity contribution in [3.63, 3.8) is 0 Å². The van der Waals surface area contributed by atoms with Crippen molar-refractivity contribution in [2.24, 2.45) is 0 Å². The Kier molecular flexibility index (Phi) is 4.41. The van der Waals surface area contributed by atoms with Crippen LogP contribution in [0.2, 0.25) is 0 Å². The molecule has 4 nitrogen and oxygen atoms in total. The first kappa shape index (κ1) is 15.5. The van der Waals surface area contributed by atoms with Crippen LogP contribution < -0.4 is 15.2 Å². The molecule has 0 aliphatic rings. The highest BCUT2D eigenvalue weighted by Gasteiger charge is 2.16. The number of methoxy groups -OCH3 is 1. The van der Waals surface area contributed by atoms with Crippen molar-refractivity contribution in [3.8, 4) is 17.6 Å². The van der Waals surface area contributed by atoms with Crippen molar-refractivity contribution < 1.29 is 22.6 Å². The summed E-state index contributed by atoms with van der Waals surface area (Å²) in [5.41, 5.74) is 4.91. The van der Waals surface area contributed by atoms with Gasteiger partial charge in [0.2, 0.25) is 0 Å². The van der Waals surface area contributed by atoms with E-state index in [1.54, 1.807) is 6.07 Å². The first-order chi connectivity index (χ1) is 10.5. The number of nitrogen functional groups attached to an aromatic ring is 1. The van der Waals surface area contributed by atoms with Crippen LogP contribution in [-0.2, 0) is 6.61 Å². The summed E-state index contributed by atoms with van der Waals surface area (Å²) in [6, 6.07) is 5.93. The average molecular weight is 308 g/mol. The van der Waals surface area contributed by atoms with Crippen molar-refractivity contribution in [2.75, 3.05) is 12.8 Å². The Bertz CT molecular complexity index is 757. The van der Waals surface area contributed by atoms with Gasteiger partial charge in [-0.2, -0.15) is 5.26 Å². The molecule has 114 valence electrons. The van der Waals surface area contributed by atoms with Gasteiger partial charge < -0.3 is 15.2 Å². The van der Waals surface area contributed by atoms with Crippen LogP contribution in [0.3, 0.4) is 0 Å². The lowest BCUT2D eigenvalue weighted by Gasteiger charge is -2.13. The highest BCUT2D eigenvalue weighted by Crippen LogP contribution is 2.28. The fraction of sp³-hybridized carbons (Fsp3) is 0.133. The molecule has 0 aromatic heterocycles. The SMILES string of the molecule is COc1ccc(F)c(F)c1COc1cc(N)c(F)cc1C#N. The molecular weight excluding hydrogens is 297 g/mol. The number of benzene rings is 2. The maximum absolute atomic E-state index is 13.8. The van der Waals surface area contributed by atoms with Crippen LogP contribution in [0, 0.1) is 28.8 Å². The third-order valence-electron chi connectivity index (χ3n) is 2.96. The smallest absolute Gasteiger partial charge is 0.169 e. The zero-order chi connectivity index (χ0) is 16.3. The van der Waals surface area contributed by atoms with Crippen LogP contribution in [0.25, 0.3) is 0 Å². The van der Waals surface area contributed by atoms with E-state index in [2.05, 4.69) is 0 Å². The van der Waals surface area contributed by atoms with Crippen molar-refractivity contribution in [3.05, 3.63) is 52.8 Å². The molecule has 0 saturated carbocycles. The summed E-state index contributed by atoms with van der Waals surface area (Å²) in [6.07, 6.45) is 0. The number of ether oxygens (including phenoxy) is 2. The lowest BCUT2D eigenvalue weighted by Crippen LogP contribution is -2.05. The Hall–Kier alpha value is -2.88. The van der Waals surface area contributed by atoms with Crippen molar-refractivity contribution >= 4 is 5.69 Å². The quantitative estimate of drug-likeness (QED) is 0.881. The highest BCUT2D eigenvalue weighted by molar-refractivity contribution is 5.54. The number of nitrogens with zero attached hydrogens (tertiary/aromatic N) is 1. The number of anilines is 1. The molecule has 2 aromatic rings. The number of nitrogens with two attached hydrogens (primary N) is 1. The second kappa shape index (κ2) is 6.26. The zero-order valence-corrected chi connectivity index (χ0v) is 11.5. The lowest BCUT2D eigenvalue weighted by molar-refractivity contribution is 0.285. The number of nitriles is 1. The second-order valence-corrected chi connectivity index (χ2v) is 4.31. The van der Waals surface area contributed by atoms with Gasteiger partial charge in [-0.15, -0.1) is 0 Å². The lowest BCUT2D eigenvalue weighted by atomic mass is 10.1. The number of rotatable bonds is 4. The number of hydrogen-bond donors (Lipinski definition) is 1. The highest BCUT2D eigenvalue weighted by atomic mass is 19.2. The summed E-state index contributed by atoms with van der Waals surface area (Å²) in [5, 5.41) is 8.93. The van der Waals surface area contributed by atoms with Crippen LogP contribution in [-0.4, -0.2) is 7.11 Å².